The van der Waals surface area contributed by atoms with Crippen LogP contribution in [0.3, 0.4) is 0 Å². The van der Waals surface area contributed by atoms with Crippen LogP contribution in [-0.4, -0.2) is 49.2 Å². The van der Waals surface area contributed by atoms with Gasteiger partial charge in [0, 0.05) is 29.6 Å². The topological polar surface area (TPSA) is 85.2 Å². The van der Waals surface area contributed by atoms with Gasteiger partial charge in [0.15, 0.2) is 17.2 Å². The van der Waals surface area contributed by atoms with Crippen LogP contribution >= 0.6 is 11.6 Å². The molecule has 3 aromatic rings. The number of fused-ring (bicyclic) bond motifs is 2. The molecule has 3 heterocycles. The van der Waals surface area contributed by atoms with Gasteiger partial charge in [-0.25, -0.2) is 4.39 Å². The van der Waals surface area contributed by atoms with Crippen molar-refractivity contribution >= 4 is 40.1 Å². The summed E-state index contributed by atoms with van der Waals surface area (Å²) in [6.07, 6.45) is 5.03. The molecule has 1 aromatic carbocycles. The zero-order valence-electron chi connectivity index (χ0n) is 18.0. The van der Waals surface area contributed by atoms with Crippen molar-refractivity contribution in [3.63, 3.8) is 0 Å². The Morgan fingerprint density at radius 2 is 2.03 bits per heavy atom. The molecule has 9 heteroatoms. The van der Waals surface area contributed by atoms with Gasteiger partial charge in [-0.3, -0.25) is 14.4 Å². The summed E-state index contributed by atoms with van der Waals surface area (Å²) < 4.78 is 15.8. The molecule has 2 fully saturated rings. The molecular weight excluding hydrogens is 447 g/mol. The molecule has 0 unspecified atom stereocenters. The van der Waals surface area contributed by atoms with Crippen molar-refractivity contribution in [2.24, 2.45) is 5.92 Å². The highest BCUT2D eigenvalue weighted by Gasteiger charge is 2.55. The molecule has 2 aromatic heterocycles. The van der Waals surface area contributed by atoms with Gasteiger partial charge in [-0.2, -0.15) is 5.10 Å². The van der Waals surface area contributed by atoms with Crippen molar-refractivity contribution < 1.29 is 18.8 Å². The summed E-state index contributed by atoms with van der Waals surface area (Å²) in [7, 11) is 0. The van der Waals surface area contributed by atoms with Gasteiger partial charge >= 0.3 is 0 Å². The van der Waals surface area contributed by atoms with Crippen molar-refractivity contribution in [3.05, 3.63) is 58.6 Å². The quantitative estimate of drug-likeness (QED) is 0.494. The third-order valence-electron chi connectivity index (χ3n) is 6.67. The van der Waals surface area contributed by atoms with Gasteiger partial charge in [0.25, 0.3) is 0 Å². The van der Waals surface area contributed by atoms with Crippen molar-refractivity contribution in [2.75, 3.05) is 0 Å². The highest BCUT2D eigenvalue weighted by molar-refractivity contribution is 6.30. The number of likely N-dealkylation sites (tertiary alicyclic amines) is 1. The summed E-state index contributed by atoms with van der Waals surface area (Å²) in [4.78, 5) is 40.0. The fraction of sp³-hybridized carbons (Fsp3) is 0.375. The first kappa shape index (κ1) is 21.7. The van der Waals surface area contributed by atoms with E-state index in [4.69, 9.17) is 11.6 Å². The van der Waals surface area contributed by atoms with Gasteiger partial charge in [0.05, 0.1) is 17.3 Å². The molecule has 1 saturated heterocycles. The van der Waals surface area contributed by atoms with Crippen LogP contribution in [0.2, 0.25) is 5.02 Å². The number of carbonyl (C=O) groups excluding carboxylic acids is 3. The zero-order valence-corrected chi connectivity index (χ0v) is 18.8. The summed E-state index contributed by atoms with van der Waals surface area (Å²) >= 11 is 5.84. The minimum absolute atomic E-state index is 0.0294. The fourth-order valence-corrected chi connectivity index (χ4v) is 5.12. The molecule has 0 radical (unpaired) electrons. The average molecular weight is 469 g/mol. The smallest absolute Gasteiger partial charge is 0.243 e. The minimum atomic E-state index is -0.510. The van der Waals surface area contributed by atoms with Crippen LogP contribution in [0.25, 0.3) is 11.0 Å². The molecular formula is C24H22ClFN4O3. The van der Waals surface area contributed by atoms with E-state index in [1.54, 1.807) is 33.9 Å². The van der Waals surface area contributed by atoms with E-state index in [-0.39, 0.29) is 47.9 Å². The van der Waals surface area contributed by atoms with Gasteiger partial charge in [-0.05, 0) is 49.8 Å². The maximum Gasteiger partial charge on any atom is 0.243 e. The van der Waals surface area contributed by atoms with Crippen LogP contribution in [0.15, 0.2) is 36.7 Å². The molecule has 0 spiro atoms. The van der Waals surface area contributed by atoms with Gasteiger partial charge < -0.3 is 9.47 Å². The molecule has 7 nitrogen and oxygen atoms in total. The van der Waals surface area contributed by atoms with Crippen LogP contribution in [0.4, 0.5) is 4.39 Å². The summed E-state index contributed by atoms with van der Waals surface area (Å²) in [6.45, 7) is 1.44. The van der Waals surface area contributed by atoms with Crippen LogP contribution in [0.5, 0.6) is 0 Å². The molecule has 170 valence electrons. The fourth-order valence-electron chi connectivity index (χ4n) is 4.93. The largest absolute Gasteiger partial charge is 0.328 e. The maximum absolute atomic E-state index is 14.2. The molecule has 33 heavy (non-hydrogen) atoms. The Morgan fingerprint density at radius 3 is 2.82 bits per heavy atom. The first-order chi connectivity index (χ1) is 15.8. The van der Waals surface area contributed by atoms with Gasteiger partial charge in [0.1, 0.15) is 12.4 Å². The number of nitrogens with zero attached hydrogens (tertiary/aromatic N) is 4. The summed E-state index contributed by atoms with van der Waals surface area (Å²) in [6, 6.07) is 6.01. The Hall–Kier alpha value is -3.13. The van der Waals surface area contributed by atoms with Crippen LogP contribution in [0, 0.1) is 11.7 Å². The van der Waals surface area contributed by atoms with E-state index in [9.17, 15) is 18.8 Å². The van der Waals surface area contributed by atoms with E-state index in [0.717, 1.165) is 6.42 Å². The molecule has 2 aliphatic rings. The Labute approximate surface area is 194 Å². The number of aryl methyl sites for hydroxylation is 1. The summed E-state index contributed by atoms with van der Waals surface area (Å²) in [5.41, 5.74) is 1.34. The molecule has 0 N–H and O–H groups in total. The number of hydrogen-bond donors (Lipinski definition) is 0. The van der Waals surface area contributed by atoms with Gasteiger partial charge in [-0.1, -0.05) is 23.7 Å². The third kappa shape index (κ3) is 3.93. The number of rotatable bonds is 7. The highest BCUT2D eigenvalue weighted by Crippen LogP contribution is 2.48. The number of hydrogen-bond acceptors (Lipinski definition) is 5. The molecule has 1 saturated carbocycles. The van der Waals surface area contributed by atoms with E-state index in [1.807, 2.05) is 0 Å². The Bertz CT molecular complexity index is 1290. The van der Waals surface area contributed by atoms with Crippen LogP contribution in [-0.2, 0) is 22.6 Å². The molecule has 1 amide bonds. The predicted molar refractivity (Wildman–Crippen MR) is 119 cm³/mol. The predicted octanol–water partition coefficient (Wildman–Crippen LogP) is 3.62. The Morgan fingerprint density at radius 1 is 1.21 bits per heavy atom. The van der Waals surface area contributed by atoms with Crippen molar-refractivity contribution in [3.8, 4) is 0 Å². The Balaban J connectivity index is 1.33. The van der Waals surface area contributed by atoms with Crippen molar-refractivity contribution in [1.29, 1.82) is 0 Å². The lowest BCUT2D eigenvalue weighted by molar-refractivity contribution is -0.139. The molecule has 1 aliphatic carbocycles. The van der Waals surface area contributed by atoms with E-state index >= 15 is 0 Å². The lowest BCUT2D eigenvalue weighted by Crippen LogP contribution is -2.44. The van der Waals surface area contributed by atoms with E-state index in [1.165, 1.54) is 19.2 Å². The number of amides is 1. The first-order valence-corrected chi connectivity index (χ1v) is 11.3. The maximum atomic E-state index is 14.2. The number of ketones is 2. The SMILES string of the molecule is CC(=O)c1cn(CC(=O)N2[C@@H]3C[C@@H]3C[C@H]2C(=O)CCc2cccc(Cl)c2F)c2nnccc12. The zero-order chi connectivity index (χ0) is 23.3. The van der Waals surface area contributed by atoms with Crippen LogP contribution in [0.1, 0.15) is 42.1 Å². The molecule has 1 aliphatic heterocycles. The number of carbonyl (C=O) groups is 3. The average Bonchev–Trinajstić information content (AvgIpc) is 3.30. The standard InChI is InChI=1S/C24H22ClFN4O3/c1-13(31)17-11-29(24-16(17)7-8-27-28-24)12-22(33)30-19-9-15(19)10-20(30)21(32)6-5-14-3-2-4-18(25)23(14)26/h2-4,7-8,11,15,19-20H,5-6,9-10,12H2,1H3/t15-,19-,20+/m1/s1. The number of halogens is 2. The van der Waals surface area contributed by atoms with Gasteiger partial charge in [-0.15, -0.1) is 5.10 Å². The monoisotopic (exact) mass is 468 g/mol. The minimum Gasteiger partial charge on any atom is -0.328 e. The number of piperidine rings is 1. The van der Waals surface area contributed by atoms with E-state index < -0.39 is 11.9 Å². The lowest BCUT2D eigenvalue weighted by Gasteiger charge is -2.27. The van der Waals surface area contributed by atoms with Crippen LogP contribution < -0.4 is 0 Å². The second kappa shape index (κ2) is 8.33. The Kier molecular flexibility index (Phi) is 5.48. The number of benzene rings is 1. The summed E-state index contributed by atoms with van der Waals surface area (Å²) in [5, 5.41) is 8.66. The van der Waals surface area contributed by atoms with Crippen molar-refractivity contribution in [2.45, 2.75) is 51.2 Å². The van der Waals surface area contributed by atoms with E-state index in [0.29, 0.717) is 34.5 Å². The number of Topliss-reactive ketones (excluding diaryl/α,β-unsaturated/α-hetero) is 2. The number of aromatic nitrogens is 3. The second-order valence-corrected chi connectivity index (χ2v) is 9.20. The summed E-state index contributed by atoms with van der Waals surface area (Å²) in [5.74, 6) is -0.554. The molecule has 3 atom stereocenters. The van der Waals surface area contributed by atoms with E-state index in [2.05, 4.69) is 10.2 Å². The van der Waals surface area contributed by atoms with Crippen molar-refractivity contribution in [1.82, 2.24) is 19.7 Å². The normalized spacial score (nSPS) is 21.3. The lowest BCUT2D eigenvalue weighted by atomic mass is 10.00. The molecule has 0 bridgehead atoms. The molecule has 5 rings (SSSR count). The first-order valence-electron chi connectivity index (χ1n) is 10.9. The highest BCUT2D eigenvalue weighted by atomic mass is 35.5. The van der Waals surface area contributed by atoms with Gasteiger partial charge in [0.2, 0.25) is 5.91 Å². The second-order valence-electron chi connectivity index (χ2n) is 8.79. The third-order valence-corrected chi connectivity index (χ3v) is 6.96.